The number of hydrogen-bond donors (Lipinski definition) is 1. The highest BCUT2D eigenvalue weighted by molar-refractivity contribution is 6.01. The van der Waals surface area contributed by atoms with Crippen molar-refractivity contribution in [2.45, 2.75) is 25.4 Å². The van der Waals surface area contributed by atoms with Crippen LogP contribution in [-0.4, -0.2) is 46.6 Å². The minimum Gasteiger partial charge on any atom is -0.496 e. The summed E-state index contributed by atoms with van der Waals surface area (Å²) in [7, 11) is 1.36. The first-order valence-corrected chi connectivity index (χ1v) is 6.75. The molecule has 0 aliphatic carbocycles. The van der Waals surface area contributed by atoms with Gasteiger partial charge in [-0.2, -0.15) is 0 Å². The lowest BCUT2D eigenvalue weighted by Crippen LogP contribution is -2.63. The number of benzene rings is 1. The topological polar surface area (TPSA) is 92.9 Å². The second-order valence-corrected chi connectivity index (χ2v) is 5.25. The third-order valence-corrected chi connectivity index (χ3v) is 3.61. The van der Waals surface area contributed by atoms with Crippen molar-refractivity contribution in [3.05, 3.63) is 33.9 Å². The smallest absolute Gasteiger partial charge is 0.285 e. The van der Waals surface area contributed by atoms with Crippen LogP contribution in [0.15, 0.2) is 18.2 Å². The molecule has 0 unspecified atom stereocenters. The molecular weight excluding hydrogens is 276 g/mol. The third kappa shape index (κ3) is 2.82. The molecule has 0 atom stereocenters. The second-order valence-electron chi connectivity index (χ2n) is 5.25. The number of rotatable bonds is 5. The summed E-state index contributed by atoms with van der Waals surface area (Å²) >= 11 is 0. The molecule has 1 N–H and O–H groups in total. The SMILES string of the molecule is CCCC1(O)CN(C(=O)c2c(OC)cccc2[N+](=O)[O-])C1. The number of nitrogens with zero attached hydrogens (tertiary/aromatic N) is 2. The lowest BCUT2D eigenvalue weighted by molar-refractivity contribution is -0.385. The minimum absolute atomic E-state index is 0.0662. The van der Waals surface area contributed by atoms with Crippen LogP contribution in [0.1, 0.15) is 30.1 Å². The maximum absolute atomic E-state index is 12.5. The van der Waals surface area contributed by atoms with E-state index in [2.05, 4.69) is 0 Å². The molecule has 0 radical (unpaired) electrons. The van der Waals surface area contributed by atoms with Gasteiger partial charge in [-0.15, -0.1) is 0 Å². The molecule has 1 heterocycles. The quantitative estimate of drug-likeness (QED) is 0.657. The van der Waals surface area contributed by atoms with Gasteiger partial charge in [0.15, 0.2) is 5.56 Å². The average molecular weight is 294 g/mol. The molecule has 0 spiro atoms. The highest BCUT2D eigenvalue weighted by Gasteiger charge is 2.44. The van der Waals surface area contributed by atoms with Crippen LogP contribution in [0.25, 0.3) is 0 Å². The van der Waals surface area contributed by atoms with Crippen LogP contribution >= 0.6 is 0 Å². The summed E-state index contributed by atoms with van der Waals surface area (Å²) in [4.78, 5) is 24.3. The fourth-order valence-electron chi connectivity index (χ4n) is 2.65. The number of carbonyl (C=O) groups excluding carboxylic acids is 1. The first-order valence-electron chi connectivity index (χ1n) is 6.75. The molecule has 0 saturated carbocycles. The Hall–Kier alpha value is -2.15. The summed E-state index contributed by atoms with van der Waals surface area (Å²) in [5.74, 6) is -0.319. The van der Waals surface area contributed by atoms with Crippen LogP contribution in [0, 0.1) is 10.1 Å². The standard InChI is InChI=1S/C14H18N2O5/c1-3-7-14(18)8-15(9-14)13(17)12-10(16(19)20)5-4-6-11(12)21-2/h4-6,18H,3,7-9H2,1-2H3. The molecule has 1 saturated heterocycles. The first-order chi connectivity index (χ1) is 9.91. The number of carbonyl (C=O) groups is 1. The zero-order valence-corrected chi connectivity index (χ0v) is 12.0. The summed E-state index contributed by atoms with van der Waals surface area (Å²) in [6.45, 7) is 2.33. The fourth-order valence-corrected chi connectivity index (χ4v) is 2.65. The highest BCUT2D eigenvalue weighted by atomic mass is 16.6. The Morgan fingerprint density at radius 3 is 2.71 bits per heavy atom. The first kappa shape index (κ1) is 15.2. The van der Waals surface area contributed by atoms with Crippen molar-refractivity contribution in [2.24, 2.45) is 0 Å². The van der Waals surface area contributed by atoms with E-state index in [0.717, 1.165) is 6.42 Å². The molecule has 1 amide bonds. The Balaban J connectivity index is 2.26. The van der Waals surface area contributed by atoms with E-state index in [4.69, 9.17) is 4.74 Å². The van der Waals surface area contributed by atoms with Crippen molar-refractivity contribution >= 4 is 11.6 Å². The number of nitro benzene ring substituents is 1. The van der Waals surface area contributed by atoms with Crippen molar-refractivity contribution in [1.82, 2.24) is 4.90 Å². The van der Waals surface area contributed by atoms with Gasteiger partial charge in [0, 0.05) is 6.07 Å². The van der Waals surface area contributed by atoms with Crippen LogP contribution < -0.4 is 4.74 Å². The van der Waals surface area contributed by atoms with E-state index in [1.807, 2.05) is 6.92 Å². The molecule has 1 aromatic rings. The van der Waals surface area contributed by atoms with Gasteiger partial charge in [0.25, 0.3) is 11.6 Å². The van der Waals surface area contributed by atoms with E-state index in [1.54, 1.807) is 0 Å². The van der Waals surface area contributed by atoms with Crippen molar-refractivity contribution in [3.8, 4) is 5.75 Å². The minimum atomic E-state index is -0.874. The number of nitro groups is 1. The van der Waals surface area contributed by atoms with Crippen LogP contribution in [0.2, 0.25) is 0 Å². The summed E-state index contributed by atoms with van der Waals surface area (Å²) in [5, 5.41) is 21.2. The van der Waals surface area contributed by atoms with Crippen LogP contribution in [0.3, 0.4) is 0 Å². The maximum atomic E-state index is 12.5. The van der Waals surface area contributed by atoms with Gasteiger partial charge in [0.2, 0.25) is 0 Å². The predicted molar refractivity (Wildman–Crippen MR) is 75.4 cm³/mol. The summed E-state index contributed by atoms with van der Waals surface area (Å²) in [5.41, 5.74) is -1.23. The van der Waals surface area contributed by atoms with Crippen LogP contribution in [0.5, 0.6) is 5.75 Å². The fraction of sp³-hybridized carbons (Fsp3) is 0.500. The van der Waals surface area contributed by atoms with E-state index in [9.17, 15) is 20.0 Å². The predicted octanol–water partition coefficient (Wildman–Crippen LogP) is 1.59. The molecule has 1 aliphatic rings. The lowest BCUT2D eigenvalue weighted by Gasteiger charge is -2.46. The van der Waals surface area contributed by atoms with E-state index in [0.29, 0.717) is 6.42 Å². The molecular formula is C14H18N2O5. The average Bonchev–Trinajstić information content (AvgIpc) is 2.43. The van der Waals surface area contributed by atoms with Gasteiger partial charge in [-0.25, -0.2) is 0 Å². The van der Waals surface area contributed by atoms with Crippen molar-refractivity contribution < 1.29 is 19.6 Å². The number of β-amino-alcohol motifs (C(OH)–C–C–N with tert-alkyl or cyclic N) is 1. The second kappa shape index (κ2) is 5.69. The van der Waals surface area contributed by atoms with Crippen LogP contribution in [0.4, 0.5) is 5.69 Å². The monoisotopic (exact) mass is 294 g/mol. The van der Waals surface area contributed by atoms with Gasteiger partial charge in [-0.05, 0) is 12.5 Å². The number of ether oxygens (including phenoxy) is 1. The molecule has 1 aromatic carbocycles. The Labute approximate surface area is 122 Å². The number of likely N-dealkylation sites (tertiary alicyclic amines) is 1. The Morgan fingerprint density at radius 2 is 2.19 bits per heavy atom. The largest absolute Gasteiger partial charge is 0.496 e. The summed E-state index contributed by atoms with van der Waals surface area (Å²) in [6.07, 6.45) is 1.41. The van der Waals surface area contributed by atoms with Crippen molar-refractivity contribution in [3.63, 3.8) is 0 Å². The Bertz CT molecular complexity index is 566. The van der Waals surface area contributed by atoms with E-state index in [1.165, 1.54) is 30.2 Å². The number of hydrogen-bond acceptors (Lipinski definition) is 5. The molecule has 7 nitrogen and oxygen atoms in total. The molecule has 2 rings (SSSR count). The maximum Gasteiger partial charge on any atom is 0.285 e. The third-order valence-electron chi connectivity index (χ3n) is 3.61. The Morgan fingerprint density at radius 1 is 1.52 bits per heavy atom. The normalized spacial score (nSPS) is 16.2. The number of aliphatic hydroxyl groups is 1. The van der Waals surface area contributed by atoms with Crippen molar-refractivity contribution in [1.29, 1.82) is 0 Å². The molecule has 1 fully saturated rings. The summed E-state index contributed by atoms with van der Waals surface area (Å²) < 4.78 is 5.06. The zero-order chi connectivity index (χ0) is 15.6. The molecule has 1 aliphatic heterocycles. The van der Waals surface area contributed by atoms with Gasteiger partial charge in [0.1, 0.15) is 5.75 Å². The van der Waals surface area contributed by atoms with E-state index >= 15 is 0 Å². The van der Waals surface area contributed by atoms with Crippen molar-refractivity contribution in [2.75, 3.05) is 20.2 Å². The molecule has 114 valence electrons. The molecule has 21 heavy (non-hydrogen) atoms. The molecule has 7 heteroatoms. The molecule has 0 bridgehead atoms. The van der Waals surface area contributed by atoms with Gasteiger partial charge in [-0.3, -0.25) is 14.9 Å². The number of amides is 1. The molecule has 0 aromatic heterocycles. The number of methoxy groups -OCH3 is 1. The van der Waals surface area contributed by atoms with Gasteiger partial charge < -0.3 is 14.7 Å². The van der Waals surface area contributed by atoms with Gasteiger partial charge >= 0.3 is 0 Å². The van der Waals surface area contributed by atoms with E-state index in [-0.39, 0.29) is 30.1 Å². The van der Waals surface area contributed by atoms with Crippen LogP contribution in [-0.2, 0) is 0 Å². The summed E-state index contributed by atoms with van der Waals surface area (Å²) in [6, 6.07) is 4.25. The highest BCUT2D eigenvalue weighted by Crippen LogP contribution is 2.33. The Kier molecular flexibility index (Phi) is 4.13. The zero-order valence-electron chi connectivity index (χ0n) is 12.0. The lowest BCUT2D eigenvalue weighted by atomic mass is 9.88. The van der Waals surface area contributed by atoms with Gasteiger partial charge in [0.05, 0.1) is 30.7 Å². The van der Waals surface area contributed by atoms with E-state index < -0.39 is 16.4 Å². The van der Waals surface area contributed by atoms with Gasteiger partial charge in [-0.1, -0.05) is 19.4 Å².